The molecule has 0 aliphatic heterocycles. The molecule has 7 nitrogen and oxygen atoms in total. The lowest BCUT2D eigenvalue weighted by Gasteiger charge is -2.22. The third-order valence-electron chi connectivity index (χ3n) is 9.15. The monoisotopic (exact) mass is 712 g/mol. The normalized spacial score (nSPS) is 14.3. The van der Waals surface area contributed by atoms with Crippen molar-refractivity contribution in [3.05, 3.63) is 36.5 Å². The van der Waals surface area contributed by atoms with E-state index in [1.807, 2.05) is 0 Å². The van der Waals surface area contributed by atoms with Gasteiger partial charge >= 0.3 is 0 Å². The zero-order chi connectivity index (χ0) is 36.3. The Labute approximate surface area is 302 Å². The van der Waals surface area contributed by atoms with Crippen molar-refractivity contribution in [2.75, 3.05) is 5.75 Å². The number of amides is 1. The molecule has 4 N–H and O–H groups in total. The molecule has 0 saturated carbocycles. The van der Waals surface area contributed by atoms with Gasteiger partial charge in [0.1, 0.15) is 6.10 Å². The summed E-state index contributed by atoms with van der Waals surface area (Å²) in [5.74, 6) is -1.57. The summed E-state index contributed by atoms with van der Waals surface area (Å²) in [7, 11) is -4.45. The standard InChI is InChI=1S/C41H77NO6S/c1-3-5-7-9-11-13-15-17-19-20-22-24-26-28-30-32-34-36-40(44)41(45)42-38(37-49(46,47)48)39(43)35-33-31-29-27-25-23-21-18-16-14-12-10-8-6-4-2/h22,24-25,27,33,35,38-40,43-44H,3-21,23,26,28-32,34,36-37H2,1-2H3,(H,42,45)(H,46,47,48)/b24-22-,27-25+,35-33+. The summed E-state index contributed by atoms with van der Waals surface area (Å²) in [6.07, 6.45) is 42.0. The molecule has 0 rings (SSSR count). The van der Waals surface area contributed by atoms with E-state index in [1.54, 1.807) is 6.08 Å². The predicted octanol–water partition coefficient (Wildman–Crippen LogP) is 10.7. The van der Waals surface area contributed by atoms with Crippen LogP contribution < -0.4 is 5.32 Å². The summed E-state index contributed by atoms with van der Waals surface area (Å²) in [5, 5.41) is 23.3. The molecule has 0 aliphatic rings. The fourth-order valence-corrected chi connectivity index (χ4v) is 6.73. The molecule has 0 fully saturated rings. The summed E-state index contributed by atoms with van der Waals surface area (Å²) in [5.41, 5.74) is 0. The molecular formula is C41H77NO6S. The highest BCUT2D eigenvalue weighted by molar-refractivity contribution is 7.85. The second kappa shape index (κ2) is 34.9. The van der Waals surface area contributed by atoms with Gasteiger partial charge in [0.25, 0.3) is 10.1 Å². The lowest BCUT2D eigenvalue weighted by molar-refractivity contribution is -0.130. The van der Waals surface area contributed by atoms with Gasteiger partial charge in [0, 0.05) is 0 Å². The molecule has 288 valence electrons. The highest BCUT2D eigenvalue weighted by atomic mass is 32.2. The third-order valence-corrected chi connectivity index (χ3v) is 9.93. The number of allylic oxidation sites excluding steroid dienone is 5. The van der Waals surface area contributed by atoms with Gasteiger partial charge in [-0.15, -0.1) is 0 Å². The molecule has 3 unspecified atom stereocenters. The highest BCUT2D eigenvalue weighted by Crippen LogP contribution is 2.13. The van der Waals surface area contributed by atoms with Crippen molar-refractivity contribution in [1.82, 2.24) is 5.32 Å². The first-order valence-electron chi connectivity index (χ1n) is 20.3. The van der Waals surface area contributed by atoms with Crippen molar-refractivity contribution in [2.45, 2.75) is 212 Å². The van der Waals surface area contributed by atoms with E-state index in [2.05, 4.69) is 43.5 Å². The molecule has 0 aliphatic carbocycles. The van der Waals surface area contributed by atoms with Crippen LogP contribution in [0.5, 0.6) is 0 Å². The Kier molecular flexibility index (Phi) is 33.9. The second-order valence-electron chi connectivity index (χ2n) is 14.0. The Bertz CT molecular complexity index is 932. The molecule has 3 atom stereocenters. The Morgan fingerprint density at radius 3 is 1.35 bits per heavy atom. The van der Waals surface area contributed by atoms with Gasteiger partial charge in [0.05, 0.1) is 17.9 Å². The molecule has 0 heterocycles. The number of hydrogen-bond donors (Lipinski definition) is 4. The number of carbonyl (C=O) groups is 1. The van der Waals surface area contributed by atoms with Crippen LogP contribution in [-0.2, 0) is 14.9 Å². The first kappa shape index (κ1) is 47.5. The van der Waals surface area contributed by atoms with Gasteiger partial charge in [-0.05, 0) is 57.8 Å². The smallest absolute Gasteiger partial charge is 0.267 e. The van der Waals surface area contributed by atoms with E-state index in [9.17, 15) is 28.0 Å². The minimum atomic E-state index is -4.45. The number of nitrogens with one attached hydrogen (secondary N) is 1. The average molecular weight is 712 g/mol. The molecule has 0 saturated heterocycles. The minimum Gasteiger partial charge on any atom is -0.387 e. The fourth-order valence-electron chi connectivity index (χ4n) is 6.00. The molecule has 1 amide bonds. The molecule has 49 heavy (non-hydrogen) atoms. The van der Waals surface area contributed by atoms with Crippen LogP contribution in [0.4, 0.5) is 0 Å². The van der Waals surface area contributed by atoms with Gasteiger partial charge in [-0.1, -0.05) is 172 Å². The van der Waals surface area contributed by atoms with Crippen molar-refractivity contribution >= 4 is 16.0 Å². The quantitative estimate of drug-likeness (QED) is 0.0291. The lowest BCUT2D eigenvalue weighted by Crippen LogP contribution is -2.50. The Balaban J connectivity index is 4.11. The van der Waals surface area contributed by atoms with Gasteiger partial charge in [0.2, 0.25) is 5.91 Å². The number of unbranched alkanes of at least 4 members (excludes halogenated alkanes) is 23. The molecule has 0 aromatic rings. The van der Waals surface area contributed by atoms with Crippen LogP contribution in [0.3, 0.4) is 0 Å². The average Bonchev–Trinajstić information content (AvgIpc) is 3.06. The highest BCUT2D eigenvalue weighted by Gasteiger charge is 2.27. The number of carbonyl (C=O) groups excluding carboxylic acids is 1. The van der Waals surface area contributed by atoms with Crippen LogP contribution in [0, 0.1) is 0 Å². The topological polar surface area (TPSA) is 124 Å². The maximum Gasteiger partial charge on any atom is 0.267 e. The van der Waals surface area contributed by atoms with Gasteiger partial charge in [-0.3, -0.25) is 9.35 Å². The van der Waals surface area contributed by atoms with Crippen LogP contribution >= 0.6 is 0 Å². The summed E-state index contributed by atoms with van der Waals surface area (Å²) < 4.78 is 32.5. The summed E-state index contributed by atoms with van der Waals surface area (Å²) in [4.78, 5) is 12.6. The largest absolute Gasteiger partial charge is 0.387 e. The Morgan fingerprint density at radius 1 is 0.551 bits per heavy atom. The van der Waals surface area contributed by atoms with Gasteiger partial charge < -0.3 is 15.5 Å². The summed E-state index contributed by atoms with van der Waals surface area (Å²) in [6, 6.07) is -1.25. The van der Waals surface area contributed by atoms with E-state index in [4.69, 9.17) is 0 Å². The summed E-state index contributed by atoms with van der Waals surface area (Å²) in [6.45, 7) is 4.50. The van der Waals surface area contributed by atoms with Gasteiger partial charge in [-0.25, -0.2) is 0 Å². The van der Waals surface area contributed by atoms with E-state index in [0.717, 1.165) is 44.9 Å². The number of hydrogen-bond acceptors (Lipinski definition) is 5. The van der Waals surface area contributed by atoms with Crippen LogP contribution in [0.25, 0.3) is 0 Å². The van der Waals surface area contributed by atoms with E-state index in [1.165, 1.54) is 122 Å². The molecule has 8 heteroatoms. The van der Waals surface area contributed by atoms with Crippen molar-refractivity contribution < 1.29 is 28.0 Å². The zero-order valence-electron chi connectivity index (χ0n) is 31.7. The first-order chi connectivity index (χ1) is 23.7. The predicted molar refractivity (Wildman–Crippen MR) is 208 cm³/mol. The lowest BCUT2D eigenvalue weighted by atomic mass is 10.1. The first-order valence-corrected chi connectivity index (χ1v) is 21.9. The zero-order valence-corrected chi connectivity index (χ0v) is 32.5. The van der Waals surface area contributed by atoms with E-state index in [0.29, 0.717) is 12.8 Å². The molecular weight excluding hydrogens is 635 g/mol. The summed E-state index contributed by atoms with van der Waals surface area (Å²) >= 11 is 0. The molecule has 0 aromatic carbocycles. The fraction of sp³-hybridized carbons (Fsp3) is 0.829. The second-order valence-corrected chi connectivity index (χ2v) is 15.5. The van der Waals surface area contributed by atoms with E-state index >= 15 is 0 Å². The Hall–Kier alpha value is -1.48. The van der Waals surface area contributed by atoms with Crippen molar-refractivity contribution in [1.29, 1.82) is 0 Å². The van der Waals surface area contributed by atoms with Crippen molar-refractivity contribution in [3.8, 4) is 0 Å². The van der Waals surface area contributed by atoms with E-state index in [-0.39, 0.29) is 6.42 Å². The number of aliphatic hydroxyl groups is 2. The van der Waals surface area contributed by atoms with Crippen molar-refractivity contribution in [2.24, 2.45) is 0 Å². The van der Waals surface area contributed by atoms with Crippen LogP contribution in [-0.4, -0.2) is 53.1 Å². The number of rotatable bonds is 36. The third kappa shape index (κ3) is 34.7. The number of aliphatic hydroxyl groups excluding tert-OH is 2. The van der Waals surface area contributed by atoms with Gasteiger partial charge in [0.15, 0.2) is 0 Å². The maximum absolute atomic E-state index is 12.6. The van der Waals surface area contributed by atoms with E-state index < -0.39 is 40.0 Å². The molecule has 0 bridgehead atoms. The minimum absolute atomic E-state index is 0.260. The molecule has 0 aromatic heterocycles. The Morgan fingerprint density at radius 2 is 0.918 bits per heavy atom. The molecule has 0 radical (unpaired) electrons. The van der Waals surface area contributed by atoms with Crippen LogP contribution in [0.15, 0.2) is 36.5 Å². The SMILES string of the molecule is CCCCCCCCCCC/C=C\CCCCCCC(O)C(=O)NC(CS(=O)(=O)O)C(O)/C=C/CC/C=C/CCCCCCCCCCC. The maximum atomic E-state index is 12.6. The van der Waals surface area contributed by atoms with Gasteiger partial charge in [-0.2, -0.15) is 8.42 Å². The van der Waals surface area contributed by atoms with Crippen LogP contribution in [0.1, 0.15) is 194 Å². The van der Waals surface area contributed by atoms with Crippen LogP contribution in [0.2, 0.25) is 0 Å². The molecule has 0 spiro atoms. The van der Waals surface area contributed by atoms with Crippen molar-refractivity contribution in [3.63, 3.8) is 0 Å².